The molecule has 0 saturated heterocycles. The summed E-state index contributed by atoms with van der Waals surface area (Å²) < 4.78 is 10.7. The summed E-state index contributed by atoms with van der Waals surface area (Å²) in [5.74, 6) is 1.45. The summed E-state index contributed by atoms with van der Waals surface area (Å²) in [6.45, 7) is 1.32. The zero-order valence-corrected chi connectivity index (χ0v) is 15.5. The number of aromatic nitrogens is 1. The van der Waals surface area contributed by atoms with Gasteiger partial charge in [-0.25, -0.2) is 4.98 Å². The first-order chi connectivity index (χ1) is 13.2. The van der Waals surface area contributed by atoms with Crippen LogP contribution in [0.4, 0.5) is 5.13 Å². The topological polar surface area (TPSA) is 80.8 Å². The highest BCUT2D eigenvalue weighted by molar-refractivity contribution is 7.15. The number of amides is 2. The molecule has 1 aliphatic carbocycles. The number of carbonyl (C=O) groups excluding carboxylic acids is 2. The highest BCUT2D eigenvalue weighted by Gasteiger charge is 2.29. The average molecular weight is 385 g/mol. The third kappa shape index (κ3) is 3.03. The molecule has 1 fully saturated rings. The van der Waals surface area contributed by atoms with Gasteiger partial charge in [-0.05, 0) is 31.0 Å². The molecular weight excluding hydrogens is 366 g/mol. The number of fused-ring (bicyclic) bond motifs is 2. The number of rotatable bonds is 3. The van der Waals surface area contributed by atoms with Crippen molar-refractivity contribution in [1.29, 1.82) is 0 Å². The molecule has 2 amide bonds. The summed E-state index contributed by atoms with van der Waals surface area (Å²) in [7, 11) is 0. The molecule has 1 N–H and O–H groups in total. The molecule has 0 unspecified atom stereocenters. The molecule has 0 radical (unpaired) electrons. The van der Waals surface area contributed by atoms with Crippen molar-refractivity contribution >= 4 is 28.3 Å². The summed E-state index contributed by atoms with van der Waals surface area (Å²) in [5.41, 5.74) is 1.57. The van der Waals surface area contributed by atoms with E-state index in [1.807, 2.05) is 4.90 Å². The Labute approximate surface area is 160 Å². The molecule has 1 aromatic heterocycles. The van der Waals surface area contributed by atoms with E-state index in [-0.39, 0.29) is 24.5 Å². The van der Waals surface area contributed by atoms with Gasteiger partial charge in [-0.15, -0.1) is 0 Å². The molecular formula is C19H19N3O4S. The number of nitrogens with one attached hydrogen (secondary N) is 1. The number of anilines is 1. The summed E-state index contributed by atoms with van der Waals surface area (Å²) >= 11 is 1.47. The molecule has 27 heavy (non-hydrogen) atoms. The molecule has 3 heterocycles. The lowest BCUT2D eigenvalue weighted by molar-refractivity contribution is -0.122. The second-order valence-electron chi connectivity index (χ2n) is 7.05. The largest absolute Gasteiger partial charge is 0.454 e. The zero-order chi connectivity index (χ0) is 18.4. The molecule has 5 rings (SSSR count). The number of hydrogen-bond acceptors (Lipinski definition) is 6. The molecule has 1 saturated carbocycles. The van der Waals surface area contributed by atoms with Gasteiger partial charge in [0.2, 0.25) is 12.7 Å². The molecule has 0 bridgehead atoms. The van der Waals surface area contributed by atoms with Gasteiger partial charge in [0.05, 0.1) is 12.2 Å². The smallest absolute Gasteiger partial charge is 0.254 e. The first kappa shape index (κ1) is 16.6. The fraction of sp³-hybridized carbons (Fsp3) is 0.421. The normalized spacial score (nSPS) is 18.0. The van der Waals surface area contributed by atoms with E-state index in [0.717, 1.165) is 29.8 Å². The van der Waals surface area contributed by atoms with Crippen LogP contribution in [-0.4, -0.2) is 35.0 Å². The predicted molar refractivity (Wildman–Crippen MR) is 99.1 cm³/mol. The van der Waals surface area contributed by atoms with E-state index in [9.17, 15) is 9.59 Å². The molecule has 1 aromatic carbocycles. The van der Waals surface area contributed by atoms with E-state index >= 15 is 0 Å². The van der Waals surface area contributed by atoms with Gasteiger partial charge in [0.15, 0.2) is 16.6 Å². The van der Waals surface area contributed by atoms with Gasteiger partial charge in [-0.1, -0.05) is 17.8 Å². The molecule has 0 spiro atoms. The fourth-order valence-corrected chi connectivity index (χ4v) is 4.54. The first-order valence-electron chi connectivity index (χ1n) is 9.16. The van der Waals surface area contributed by atoms with Crippen molar-refractivity contribution in [3.63, 3.8) is 0 Å². The zero-order valence-electron chi connectivity index (χ0n) is 14.7. The van der Waals surface area contributed by atoms with Gasteiger partial charge in [0.25, 0.3) is 5.91 Å². The van der Waals surface area contributed by atoms with Crippen LogP contribution >= 0.6 is 11.3 Å². The second kappa shape index (κ2) is 6.53. The van der Waals surface area contributed by atoms with Gasteiger partial charge < -0.3 is 19.7 Å². The Hall–Kier alpha value is -2.61. The Balaban J connectivity index is 1.29. The van der Waals surface area contributed by atoms with Crippen LogP contribution in [0, 0.1) is 5.92 Å². The van der Waals surface area contributed by atoms with Crippen molar-refractivity contribution in [1.82, 2.24) is 9.88 Å². The number of carbonyl (C=O) groups is 2. The summed E-state index contributed by atoms with van der Waals surface area (Å²) in [5, 5.41) is 3.59. The van der Waals surface area contributed by atoms with Gasteiger partial charge >= 0.3 is 0 Å². The van der Waals surface area contributed by atoms with E-state index < -0.39 is 0 Å². The molecule has 7 nitrogen and oxygen atoms in total. The molecule has 140 valence electrons. The van der Waals surface area contributed by atoms with Gasteiger partial charge in [0, 0.05) is 29.3 Å². The van der Waals surface area contributed by atoms with Crippen LogP contribution in [0.3, 0.4) is 0 Å². The Morgan fingerprint density at radius 3 is 2.89 bits per heavy atom. The predicted octanol–water partition coefficient (Wildman–Crippen LogP) is 2.81. The minimum absolute atomic E-state index is 0.0348. The number of ether oxygens (including phenoxy) is 2. The summed E-state index contributed by atoms with van der Waals surface area (Å²) in [6.07, 6.45) is 3.76. The van der Waals surface area contributed by atoms with Crippen LogP contribution in [0.5, 0.6) is 11.5 Å². The quantitative estimate of drug-likeness (QED) is 0.879. The number of benzene rings is 1. The first-order valence-corrected chi connectivity index (χ1v) is 9.97. The highest BCUT2D eigenvalue weighted by Crippen LogP contribution is 2.34. The number of hydrogen-bond donors (Lipinski definition) is 1. The van der Waals surface area contributed by atoms with Crippen LogP contribution in [0.2, 0.25) is 0 Å². The Morgan fingerprint density at radius 1 is 1.22 bits per heavy atom. The third-order valence-electron chi connectivity index (χ3n) is 5.34. The van der Waals surface area contributed by atoms with Gasteiger partial charge in [-0.2, -0.15) is 0 Å². The van der Waals surface area contributed by atoms with Crippen molar-refractivity contribution in [3.05, 3.63) is 34.3 Å². The molecule has 8 heteroatoms. The Kier molecular flexibility index (Phi) is 4.00. The van der Waals surface area contributed by atoms with Crippen molar-refractivity contribution in [3.8, 4) is 11.5 Å². The molecule has 3 aliphatic rings. The van der Waals surface area contributed by atoms with Crippen molar-refractivity contribution in [2.75, 3.05) is 18.7 Å². The van der Waals surface area contributed by atoms with Crippen LogP contribution in [-0.2, 0) is 17.8 Å². The van der Waals surface area contributed by atoms with E-state index in [1.54, 1.807) is 18.2 Å². The minimum Gasteiger partial charge on any atom is -0.454 e. The van der Waals surface area contributed by atoms with Crippen molar-refractivity contribution < 1.29 is 19.1 Å². The summed E-state index contributed by atoms with van der Waals surface area (Å²) in [4.78, 5) is 32.4. The van der Waals surface area contributed by atoms with E-state index in [4.69, 9.17) is 9.47 Å². The molecule has 0 atom stereocenters. The van der Waals surface area contributed by atoms with Crippen molar-refractivity contribution in [2.45, 2.75) is 32.2 Å². The lowest BCUT2D eigenvalue weighted by Gasteiger charge is -2.26. The minimum atomic E-state index is -0.0348. The second-order valence-corrected chi connectivity index (χ2v) is 8.13. The van der Waals surface area contributed by atoms with E-state index in [0.29, 0.717) is 41.7 Å². The van der Waals surface area contributed by atoms with Gasteiger partial charge in [0.1, 0.15) is 0 Å². The number of nitrogens with zero attached hydrogens (tertiary/aromatic N) is 2. The van der Waals surface area contributed by atoms with E-state index in [2.05, 4.69) is 10.3 Å². The maximum Gasteiger partial charge on any atom is 0.254 e. The molecule has 2 aromatic rings. The maximum absolute atomic E-state index is 12.9. The van der Waals surface area contributed by atoms with Crippen LogP contribution in [0.25, 0.3) is 0 Å². The lowest BCUT2D eigenvalue weighted by atomic mass is 9.85. The van der Waals surface area contributed by atoms with Crippen LogP contribution in [0.15, 0.2) is 18.2 Å². The van der Waals surface area contributed by atoms with Gasteiger partial charge in [-0.3, -0.25) is 9.59 Å². The highest BCUT2D eigenvalue weighted by atomic mass is 32.1. The standard InChI is InChI=1S/C19H19N3O4S/c23-17(11-2-1-3-11)21-19-20-13-6-7-22(9-16(13)27-19)18(24)12-4-5-14-15(8-12)26-10-25-14/h4-5,8,11H,1-3,6-7,9-10H2,(H,20,21,23). The molecule has 2 aliphatic heterocycles. The SMILES string of the molecule is O=C(Nc1nc2c(s1)CN(C(=O)c1ccc3c(c1)OCO3)CC2)C1CCC1. The van der Waals surface area contributed by atoms with E-state index in [1.165, 1.54) is 11.3 Å². The summed E-state index contributed by atoms with van der Waals surface area (Å²) in [6, 6.07) is 5.27. The average Bonchev–Trinajstić information content (AvgIpc) is 3.23. The van der Waals surface area contributed by atoms with Crippen LogP contribution in [0.1, 0.15) is 40.2 Å². The third-order valence-corrected chi connectivity index (χ3v) is 6.34. The number of thiazole rings is 1. The van der Waals surface area contributed by atoms with Crippen molar-refractivity contribution in [2.24, 2.45) is 5.92 Å². The fourth-order valence-electron chi connectivity index (χ4n) is 3.51. The maximum atomic E-state index is 12.9. The Morgan fingerprint density at radius 2 is 2.07 bits per heavy atom. The Bertz CT molecular complexity index is 922. The lowest BCUT2D eigenvalue weighted by Crippen LogP contribution is -2.35. The monoisotopic (exact) mass is 385 g/mol. The van der Waals surface area contributed by atoms with Crippen LogP contribution < -0.4 is 14.8 Å².